The van der Waals surface area contributed by atoms with Crippen LogP contribution in [0.2, 0.25) is 0 Å². The number of hydrogen-bond donors (Lipinski definition) is 1. The number of nitrogens with one attached hydrogen (secondary N) is 1. The molecular formula is C21H30NO5PS. The third-order valence-corrected chi connectivity index (χ3v) is 8.51. The molecule has 1 N–H and O–H groups in total. The van der Waals surface area contributed by atoms with Crippen molar-refractivity contribution in [3.63, 3.8) is 0 Å². The van der Waals surface area contributed by atoms with Gasteiger partial charge in [0.25, 0.3) is 10.0 Å². The number of sulfonamides is 1. The van der Waals surface area contributed by atoms with E-state index >= 15 is 0 Å². The Hall–Kier alpha value is -1.66. The lowest BCUT2D eigenvalue weighted by molar-refractivity contribution is 0.219. The van der Waals surface area contributed by atoms with E-state index in [9.17, 15) is 13.0 Å². The van der Waals surface area contributed by atoms with E-state index in [4.69, 9.17) is 9.05 Å². The van der Waals surface area contributed by atoms with Crippen molar-refractivity contribution in [2.45, 2.75) is 52.6 Å². The lowest BCUT2D eigenvalue weighted by Crippen LogP contribution is -2.17. The quantitative estimate of drug-likeness (QED) is 0.523. The second-order valence-corrected chi connectivity index (χ2v) is 10.7. The average molecular weight is 440 g/mol. The van der Waals surface area contributed by atoms with Crippen LogP contribution >= 0.6 is 7.60 Å². The van der Waals surface area contributed by atoms with Crippen LogP contribution in [0.4, 0.5) is 5.69 Å². The molecule has 2 aromatic rings. The smallest absolute Gasteiger partial charge is 0.309 e. The van der Waals surface area contributed by atoms with E-state index in [1.807, 2.05) is 33.8 Å². The summed E-state index contributed by atoms with van der Waals surface area (Å²) in [4.78, 5) is 0.316. The number of hydrogen-bond acceptors (Lipinski definition) is 5. The highest BCUT2D eigenvalue weighted by Crippen LogP contribution is 2.51. The van der Waals surface area contributed by atoms with Crippen molar-refractivity contribution in [2.24, 2.45) is 0 Å². The molecule has 0 bridgehead atoms. The van der Waals surface area contributed by atoms with Gasteiger partial charge < -0.3 is 9.05 Å². The number of anilines is 1. The standard InChI is InChI=1S/C21H30NO5PS/c1-7-26-28(23,27-8-2)14-19-9-11-20(12-10-19)22-29(24,25)21-17(5)15(3)13-16(4)18(21)6/h9-13,22H,7-8,14H2,1-6H3. The van der Waals surface area contributed by atoms with Crippen molar-refractivity contribution in [2.75, 3.05) is 17.9 Å². The maximum atomic E-state index is 13.0. The fourth-order valence-electron chi connectivity index (χ4n) is 3.21. The fraction of sp³-hybridized carbons (Fsp3) is 0.429. The topological polar surface area (TPSA) is 81.7 Å². The Morgan fingerprint density at radius 1 is 0.897 bits per heavy atom. The van der Waals surface area contributed by atoms with Gasteiger partial charge >= 0.3 is 7.60 Å². The van der Waals surface area contributed by atoms with Gasteiger partial charge in [-0.15, -0.1) is 0 Å². The molecule has 0 aromatic heterocycles. The molecular weight excluding hydrogens is 409 g/mol. The molecule has 0 saturated heterocycles. The summed E-state index contributed by atoms with van der Waals surface area (Å²) in [6, 6.07) is 8.76. The number of aryl methyl sites for hydroxylation is 2. The van der Waals surface area contributed by atoms with Gasteiger partial charge in [-0.25, -0.2) is 8.42 Å². The molecule has 0 fully saturated rings. The SMILES string of the molecule is CCOP(=O)(Cc1ccc(NS(=O)(=O)c2c(C)c(C)cc(C)c2C)cc1)OCC. The Labute approximate surface area is 174 Å². The minimum absolute atomic E-state index is 0.136. The largest absolute Gasteiger partial charge is 0.335 e. The Kier molecular flexibility index (Phi) is 7.68. The normalized spacial score (nSPS) is 12.2. The van der Waals surface area contributed by atoms with Crippen LogP contribution < -0.4 is 4.72 Å². The van der Waals surface area contributed by atoms with E-state index in [0.717, 1.165) is 27.8 Å². The van der Waals surface area contributed by atoms with Crippen LogP contribution in [-0.4, -0.2) is 21.6 Å². The van der Waals surface area contributed by atoms with Crippen molar-refractivity contribution in [1.82, 2.24) is 0 Å². The van der Waals surface area contributed by atoms with Gasteiger partial charge in [-0.3, -0.25) is 9.29 Å². The Morgan fingerprint density at radius 3 is 1.83 bits per heavy atom. The molecule has 2 rings (SSSR count). The lowest BCUT2D eigenvalue weighted by Gasteiger charge is -2.18. The van der Waals surface area contributed by atoms with Crippen molar-refractivity contribution >= 4 is 23.3 Å². The summed E-state index contributed by atoms with van der Waals surface area (Å²) in [5.74, 6) is 0. The van der Waals surface area contributed by atoms with Crippen LogP contribution in [0.25, 0.3) is 0 Å². The van der Waals surface area contributed by atoms with Gasteiger partial charge in [-0.2, -0.15) is 0 Å². The first-order valence-electron chi connectivity index (χ1n) is 9.60. The van der Waals surface area contributed by atoms with E-state index in [1.54, 1.807) is 38.1 Å². The van der Waals surface area contributed by atoms with Crippen molar-refractivity contribution in [3.05, 3.63) is 58.1 Å². The molecule has 0 radical (unpaired) electrons. The molecule has 0 atom stereocenters. The second kappa shape index (κ2) is 9.43. The summed E-state index contributed by atoms with van der Waals surface area (Å²) in [7, 11) is -6.95. The first-order chi connectivity index (χ1) is 13.5. The van der Waals surface area contributed by atoms with Gasteiger partial charge in [-0.1, -0.05) is 18.2 Å². The molecule has 6 nitrogen and oxygen atoms in total. The van der Waals surface area contributed by atoms with Crippen molar-refractivity contribution in [1.29, 1.82) is 0 Å². The molecule has 0 aliphatic carbocycles. The average Bonchev–Trinajstić information content (AvgIpc) is 2.62. The third kappa shape index (κ3) is 5.70. The lowest BCUT2D eigenvalue weighted by atomic mass is 10.0. The first-order valence-corrected chi connectivity index (χ1v) is 12.8. The molecule has 160 valence electrons. The zero-order valence-electron chi connectivity index (χ0n) is 17.9. The molecule has 0 saturated carbocycles. The maximum Gasteiger partial charge on any atom is 0.335 e. The van der Waals surface area contributed by atoms with Crippen molar-refractivity contribution in [3.8, 4) is 0 Å². The van der Waals surface area contributed by atoms with Crippen LogP contribution in [0.1, 0.15) is 41.7 Å². The van der Waals surface area contributed by atoms with Crippen LogP contribution in [0, 0.1) is 27.7 Å². The highest BCUT2D eigenvalue weighted by molar-refractivity contribution is 7.92. The summed E-state index contributed by atoms with van der Waals surface area (Å²) in [5.41, 5.74) is 4.54. The maximum absolute atomic E-state index is 13.0. The summed E-state index contributed by atoms with van der Waals surface area (Å²) < 4.78 is 52.0. The Morgan fingerprint density at radius 2 is 1.38 bits per heavy atom. The highest BCUT2D eigenvalue weighted by atomic mass is 32.2. The van der Waals surface area contributed by atoms with Gasteiger partial charge in [0.15, 0.2) is 0 Å². The van der Waals surface area contributed by atoms with E-state index in [2.05, 4.69) is 4.72 Å². The van der Waals surface area contributed by atoms with Crippen LogP contribution in [0.15, 0.2) is 35.2 Å². The molecule has 0 unspecified atom stereocenters. The zero-order chi connectivity index (χ0) is 21.8. The van der Waals surface area contributed by atoms with E-state index in [0.29, 0.717) is 23.8 Å². The summed E-state index contributed by atoms with van der Waals surface area (Å²) >= 11 is 0. The predicted molar refractivity (Wildman–Crippen MR) is 117 cm³/mol. The van der Waals surface area contributed by atoms with E-state index < -0.39 is 17.6 Å². The summed E-state index contributed by atoms with van der Waals surface area (Å²) in [6.45, 7) is 11.6. The van der Waals surface area contributed by atoms with Gasteiger partial charge in [0.05, 0.1) is 24.3 Å². The minimum atomic E-state index is -3.74. The molecule has 2 aromatic carbocycles. The molecule has 0 aliphatic heterocycles. The monoisotopic (exact) mass is 439 g/mol. The summed E-state index contributed by atoms with van der Waals surface area (Å²) in [5, 5.41) is 0. The summed E-state index contributed by atoms with van der Waals surface area (Å²) in [6.07, 6.45) is 0.136. The Balaban J connectivity index is 2.27. The molecule has 0 heterocycles. The van der Waals surface area contributed by atoms with Gasteiger partial charge in [0, 0.05) is 5.69 Å². The third-order valence-electron chi connectivity index (χ3n) is 4.80. The van der Waals surface area contributed by atoms with E-state index in [-0.39, 0.29) is 6.16 Å². The van der Waals surface area contributed by atoms with Crippen LogP contribution in [0.3, 0.4) is 0 Å². The molecule has 0 spiro atoms. The zero-order valence-corrected chi connectivity index (χ0v) is 19.6. The van der Waals surface area contributed by atoms with Crippen molar-refractivity contribution < 1.29 is 22.0 Å². The van der Waals surface area contributed by atoms with Gasteiger partial charge in [0.1, 0.15) is 0 Å². The molecule has 29 heavy (non-hydrogen) atoms. The highest BCUT2D eigenvalue weighted by Gasteiger charge is 2.25. The van der Waals surface area contributed by atoms with Crippen LogP contribution in [0.5, 0.6) is 0 Å². The Bertz CT molecular complexity index is 980. The van der Waals surface area contributed by atoms with E-state index in [1.165, 1.54) is 0 Å². The second-order valence-electron chi connectivity index (χ2n) is 7.00. The molecule has 0 amide bonds. The van der Waals surface area contributed by atoms with Crippen LogP contribution in [-0.2, 0) is 29.8 Å². The van der Waals surface area contributed by atoms with Gasteiger partial charge in [-0.05, 0) is 81.5 Å². The fourth-order valence-corrected chi connectivity index (χ4v) is 6.59. The predicted octanol–water partition coefficient (Wildman–Crippen LogP) is 5.49. The molecule has 0 aliphatic rings. The first kappa shape index (κ1) is 23.6. The number of benzene rings is 2. The minimum Gasteiger partial charge on any atom is -0.309 e. The molecule has 8 heteroatoms. The van der Waals surface area contributed by atoms with Gasteiger partial charge in [0.2, 0.25) is 0 Å². The number of rotatable bonds is 9.